The molecule has 0 spiro atoms. The number of nitrogens with one attached hydrogen (secondary N) is 1. The van der Waals surface area contributed by atoms with Gasteiger partial charge in [0.1, 0.15) is 0 Å². The van der Waals surface area contributed by atoms with Crippen LogP contribution in [-0.2, 0) is 6.42 Å². The first-order chi connectivity index (χ1) is 9.22. The summed E-state index contributed by atoms with van der Waals surface area (Å²) in [5.41, 5.74) is 4.69. The molecule has 1 amide bonds. The first kappa shape index (κ1) is 11.7. The molecule has 1 heterocycles. The number of hydrogen-bond acceptors (Lipinski definition) is 2. The van der Waals surface area contributed by atoms with Gasteiger partial charge in [0.2, 0.25) is 0 Å². The summed E-state index contributed by atoms with van der Waals surface area (Å²) < 4.78 is 0. The molecule has 19 heavy (non-hydrogen) atoms. The molecule has 3 heteroatoms. The normalized spacial score (nSPS) is 12.3. The average molecular weight is 250 g/mol. The van der Waals surface area contributed by atoms with Gasteiger partial charge in [-0.05, 0) is 36.8 Å². The molecule has 0 saturated heterocycles. The van der Waals surface area contributed by atoms with Crippen molar-refractivity contribution in [3.63, 3.8) is 0 Å². The van der Waals surface area contributed by atoms with E-state index in [0.717, 1.165) is 17.8 Å². The van der Waals surface area contributed by atoms with Crippen LogP contribution in [0.15, 0.2) is 47.5 Å². The number of anilines is 1. The number of benzene rings is 2. The van der Waals surface area contributed by atoms with Crippen LogP contribution in [0.1, 0.15) is 21.5 Å². The van der Waals surface area contributed by atoms with Gasteiger partial charge in [-0.25, -0.2) is 0 Å². The van der Waals surface area contributed by atoms with Crippen molar-refractivity contribution in [3.8, 4) is 0 Å². The predicted molar refractivity (Wildman–Crippen MR) is 77.4 cm³/mol. The molecule has 1 aliphatic heterocycles. The standard InChI is InChI=1S/C16H14N2O/c1-11-2-6-14(7-3-11)18-16(19)13-5-4-12-8-9-17-15(12)10-13/h2-7,9-10H,8H2,1H3,(H,18,19). The number of nitrogens with zero attached hydrogens (tertiary/aromatic N) is 1. The molecule has 94 valence electrons. The maximum absolute atomic E-state index is 12.1. The van der Waals surface area contributed by atoms with Crippen molar-refractivity contribution in [3.05, 3.63) is 59.2 Å². The summed E-state index contributed by atoms with van der Waals surface area (Å²) in [6, 6.07) is 13.4. The van der Waals surface area contributed by atoms with Crippen LogP contribution in [0.5, 0.6) is 0 Å². The van der Waals surface area contributed by atoms with Crippen molar-refractivity contribution in [1.82, 2.24) is 0 Å². The second-order valence-corrected chi connectivity index (χ2v) is 4.68. The fraction of sp³-hybridized carbons (Fsp3) is 0.125. The van der Waals surface area contributed by atoms with Crippen LogP contribution in [0.4, 0.5) is 11.4 Å². The average Bonchev–Trinajstić information content (AvgIpc) is 2.88. The number of rotatable bonds is 2. The predicted octanol–water partition coefficient (Wildman–Crippen LogP) is 3.51. The second-order valence-electron chi connectivity index (χ2n) is 4.68. The summed E-state index contributed by atoms with van der Waals surface area (Å²) in [7, 11) is 0. The summed E-state index contributed by atoms with van der Waals surface area (Å²) in [5.74, 6) is -0.103. The van der Waals surface area contributed by atoms with E-state index in [-0.39, 0.29) is 5.91 Å². The number of hydrogen-bond donors (Lipinski definition) is 1. The molecular weight excluding hydrogens is 236 g/mol. The maximum Gasteiger partial charge on any atom is 0.255 e. The van der Waals surface area contributed by atoms with Crippen molar-refractivity contribution < 1.29 is 4.79 Å². The van der Waals surface area contributed by atoms with Gasteiger partial charge in [-0.2, -0.15) is 0 Å². The fourth-order valence-electron chi connectivity index (χ4n) is 2.08. The monoisotopic (exact) mass is 250 g/mol. The lowest BCUT2D eigenvalue weighted by molar-refractivity contribution is 0.102. The lowest BCUT2D eigenvalue weighted by Gasteiger charge is -2.06. The summed E-state index contributed by atoms with van der Waals surface area (Å²) in [6.07, 6.45) is 2.72. The number of carbonyl (C=O) groups is 1. The first-order valence-corrected chi connectivity index (χ1v) is 6.26. The van der Waals surface area contributed by atoms with Crippen LogP contribution in [-0.4, -0.2) is 12.1 Å². The maximum atomic E-state index is 12.1. The summed E-state index contributed by atoms with van der Waals surface area (Å²) in [5, 5.41) is 2.89. The third-order valence-corrected chi connectivity index (χ3v) is 3.20. The Kier molecular flexibility index (Phi) is 2.88. The quantitative estimate of drug-likeness (QED) is 0.870. The second kappa shape index (κ2) is 4.69. The zero-order valence-corrected chi connectivity index (χ0v) is 10.7. The first-order valence-electron chi connectivity index (χ1n) is 6.26. The van der Waals surface area contributed by atoms with E-state index in [1.165, 1.54) is 11.1 Å². The zero-order valence-electron chi connectivity index (χ0n) is 10.7. The third kappa shape index (κ3) is 2.40. The third-order valence-electron chi connectivity index (χ3n) is 3.20. The van der Waals surface area contributed by atoms with E-state index in [0.29, 0.717) is 5.56 Å². The molecule has 3 rings (SSSR count). The van der Waals surface area contributed by atoms with E-state index in [9.17, 15) is 4.79 Å². The van der Waals surface area contributed by atoms with Crippen LogP contribution in [0.2, 0.25) is 0 Å². The number of carbonyl (C=O) groups excluding carboxylic acids is 1. The van der Waals surface area contributed by atoms with Gasteiger partial charge >= 0.3 is 0 Å². The van der Waals surface area contributed by atoms with Gasteiger partial charge < -0.3 is 5.32 Å². The van der Waals surface area contributed by atoms with Crippen LogP contribution in [0.3, 0.4) is 0 Å². The minimum Gasteiger partial charge on any atom is -0.322 e. The minimum atomic E-state index is -0.103. The zero-order chi connectivity index (χ0) is 13.2. The molecule has 1 N–H and O–H groups in total. The molecule has 2 aromatic rings. The molecule has 0 aromatic heterocycles. The van der Waals surface area contributed by atoms with E-state index >= 15 is 0 Å². The highest BCUT2D eigenvalue weighted by Crippen LogP contribution is 2.25. The summed E-state index contributed by atoms with van der Waals surface area (Å²) >= 11 is 0. The molecule has 0 saturated carbocycles. The molecular formula is C16H14N2O. The van der Waals surface area contributed by atoms with Gasteiger partial charge in [-0.15, -0.1) is 0 Å². The van der Waals surface area contributed by atoms with E-state index in [1.54, 1.807) is 0 Å². The van der Waals surface area contributed by atoms with Gasteiger partial charge in [0.05, 0.1) is 5.69 Å². The van der Waals surface area contributed by atoms with Crippen LogP contribution in [0, 0.1) is 6.92 Å². The Bertz CT molecular complexity index is 657. The molecule has 0 atom stereocenters. The summed E-state index contributed by atoms with van der Waals surface area (Å²) in [6.45, 7) is 2.02. The van der Waals surface area contributed by atoms with Crippen molar-refractivity contribution in [1.29, 1.82) is 0 Å². The van der Waals surface area contributed by atoms with Crippen molar-refractivity contribution in [2.75, 3.05) is 5.32 Å². The van der Waals surface area contributed by atoms with Gasteiger partial charge in [0.25, 0.3) is 5.91 Å². The highest BCUT2D eigenvalue weighted by Gasteiger charge is 2.11. The van der Waals surface area contributed by atoms with Crippen molar-refractivity contribution >= 4 is 23.5 Å². The number of aliphatic imine (C=N–C) groups is 1. The minimum absolute atomic E-state index is 0.103. The molecule has 0 aliphatic carbocycles. The Morgan fingerprint density at radius 1 is 1.16 bits per heavy atom. The Balaban J connectivity index is 1.80. The lowest BCUT2D eigenvalue weighted by Crippen LogP contribution is -2.11. The van der Waals surface area contributed by atoms with Gasteiger partial charge in [0.15, 0.2) is 0 Å². The lowest BCUT2D eigenvalue weighted by atomic mass is 10.1. The van der Waals surface area contributed by atoms with E-state index in [1.807, 2.05) is 55.6 Å². The molecule has 0 bridgehead atoms. The van der Waals surface area contributed by atoms with E-state index in [2.05, 4.69) is 10.3 Å². The van der Waals surface area contributed by atoms with Crippen molar-refractivity contribution in [2.24, 2.45) is 4.99 Å². The summed E-state index contributed by atoms with van der Waals surface area (Å²) in [4.78, 5) is 16.4. The molecule has 1 aliphatic rings. The fourth-order valence-corrected chi connectivity index (χ4v) is 2.08. The smallest absolute Gasteiger partial charge is 0.255 e. The molecule has 2 aromatic carbocycles. The van der Waals surface area contributed by atoms with Crippen LogP contribution >= 0.6 is 0 Å². The topological polar surface area (TPSA) is 41.5 Å². The van der Waals surface area contributed by atoms with Gasteiger partial charge in [-0.3, -0.25) is 9.79 Å². The number of fused-ring (bicyclic) bond motifs is 1. The van der Waals surface area contributed by atoms with E-state index < -0.39 is 0 Å². The molecule has 0 radical (unpaired) electrons. The van der Waals surface area contributed by atoms with Gasteiger partial charge in [0, 0.05) is 23.9 Å². The molecule has 0 unspecified atom stereocenters. The van der Waals surface area contributed by atoms with Crippen molar-refractivity contribution in [2.45, 2.75) is 13.3 Å². The molecule has 3 nitrogen and oxygen atoms in total. The van der Waals surface area contributed by atoms with E-state index in [4.69, 9.17) is 0 Å². The molecule has 0 fully saturated rings. The van der Waals surface area contributed by atoms with Gasteiger partial charge in [-0.1, -0.05) is 23.8 Å². The Labute approximate surface area is 112 Å². The Hall–Kier alpha value is -2.42. The highest BCUT2D eigenvalue weighted by atomic mass is 16.1. The Morgan fingerprint density at radius 3 is 2.74 bits per heavy atom. The largest absolute Gasteiger partial charge is 0.322 e. The Morgan fingerprint density at radius 2 is 1.95 bits per heavy atom. The van der Waals surface area contributed by atoms with Crippen LogP contribution < -0.4 is 5.32 Å². The SMILES string of the molecule is Cc1ccc(NC(=O)c2ccc3c(c2)N=CC3)cc1. The number of amides is 1. The number of aryl methyl sites for hydroxylation is 1. The highest BCUT2D eigenvalue weighted by molar-refractivity contribution is 6.05. The van der Waals surface area contributed by atoms with Crippen LogP contribution in [0.25, 0.3) is 0 Å².